The topological polar surface area (TPSA) is 26.3 Å². The predicted molar refractivity (Wildman–Crippen MR) is 93.5 cm³/mol. The molecular formula is C21H20O2. The van der Waals surface area contributed by atoms with Crippen LogP contribution in [0.1, 0.15) is 24.0 Å². The molecule has 3 aromatic carbocycles. The van der Waals surface area contributed by atoms with Crippen LogP contribution in [0.2, 0.25) is 0 Å². The van der Waals surface area contributed by atoms with E-state index in [-0.39, 0.29) is 11.9 Å². The molecule has 116 valence electrons. The Labute approximate surface area is 136 Å². The van der Waals surface area contributed by atoms with Crippen molar-refractivity contribution < 1.29 is 9.53 Å². The molecule has 0 heterocycles. The van der Waals surface area contributed by atoms with Gasteiger partial charge >= 0.3 is 5.97 Å². The van der Waals surface area contributed by atoms with Crippen molar-refractivity contribution >= 4 is 16.7 Å². The molecule has 0 aliphatic carbocycles. The highest BCUT2D eigenvalue weighted by molar-refractivity contribution is 5.83. The summed E-state index contributed by atoms with van der Waals surface area (Å²) >= 11 is 0. The van der Waals surface area contributed by atoms with Gasteiger partial charge in [-0.2, -0.15) is 0 Å². The molecule has 0 aliphatic heterocycles. The number of benzene rings is 3. The molecule has 2 nitrogen and oxygen atoms in total. The lowest BCUT2D eigenvalue weighted by molar-refractivity contribution is -0.144. The third-order valence-corrected chi connectivity index (χ3v) is 4.10. The van der Waals surface area contributed by atoms with Crippen molar-refractivity contribution in [2.75, 3.05) is 6.61 Å². The van der Waals surface area contributed by atoms with E-state index >= 15 is 0 Å². The number of rotatable bonds is 5. The summed E-state index contributed by atoms with van der Waals surface area (Å²) in [4.78, 5) is 12.1. The number of carbonyl (C=O) groups is 1. The quantitative estimate of drug-likeness (QED) is 0.637. The summed E-state index contributed by atoms with van der Waals surface area (Å²) in [6, 6.07) is 24.4. The van der Waals surface area contributed by atoms with Crippen LogP contribution in [0.3, 0.4) is 0 Å². The minimum Gasteiger partial charge on any atom is -0.465 e. The van der Waals surface area contributed by atoms with Crippen LogP contribution >= 0.6 is 0 Å². The Morgan fingerprint density at radius 3 is 2.39 bits per heavy atom. The van der Waals surface area contributed by atoms with Crippen LogP contribution in [0.25, 0.3) is 10.8 Å². The monoisotopic (exact) mass is 304 g/mol. The molecule has 0 N–H and O–H groups in total. The molecular weight excluding hydrogens is 284 g/mol. The lowest BCUT2D eigenvalue weighted by Crippen LogP contribution is -2.14. The van der Waals surface area contributed by atoms with Crippen molar-refractivity contribution in [1.29, 1.82) is 0 Å². The van der Waals surface area contributed by atoms with Gasteiger partial charge in [0.2, 0.25) is 0 Å². The molecule has 2 heteroatoms. The number of hydrogen-bond donors (Lipinski definition) is 0. The van der Waals surface area contributed by atoms with Gasteiger partial charge in [-0.15, -0.1) is 0 Å². The number of hydrogen-bond acceptors (Lipinski definition) is 2. The first-order chi connectivity index (χ1) is 11.2. The van der Waals surface area contributed by atoms with E-state index in [0.717, 1.165) is 12.0 Å². The summed E-state index contributed by atoms with van der Waals surface area (Å²) in [6.07, 6.45) is 0.734. The summed E-state index contributed by atoms with van der Waals surface area (Å²) < 4.78 is 5.44. The van der Waals surface area contributed by atoms with Gasteiger partial charge in [-0.1, -0.05) is 72.8 Å². The zero-order valence-corrected chi connectivity index (χ0v) is 13.2. The molecule has 3 rings (SSSR count). The molecule has 0 aromatic heterocycles. The van der Waals surface area contributed by atoms with Gasteiger partial charge in [0.05, 0.1) is 12.5 Å². The summed E-state index contributed by atoms with van der Waals surface area (Å²) in [5.41, 5.74) is 2.17. The fourth-order valence-corrected chi connectivity index (χ4v) is 2.67. The van der Waals surface area contributed by atoms with Gasteiger partial charge in [-0.25, -0.2) is 0 Å². The van der Waals surface area contributed by atoms with Crippen molar-refractivity contribution in [3.63, 3.8) is 0 Å². The van der Waals surface area contributed by atoms with E-state index in [1.54, 1.807) is 0 Å². The first-order valence-electron chi connectivity index (χ1n) is 7.93. The van der Waals surface area contributed by atoms with Crippen molar-refractivity contribution in [3.05, 3.63) is 83.9 Å². The third-order valence-electron chi connectivity index (χ3n) is 4.10. The Balaban J connectivity index is 1.57. The van der Waals surface area contributed by atoms with E-state index in [0.29, 0.717) is 6.61 Å². The zero-order chi connectivity index (χ0) is 16.1. The van der Waals surface area contributed by atoms with E-state index in [1.165, 1.54) is 16.3 Å². The zero-order valence-electron chi connectivity index (χ0n) is 13.2. The lowest BCUT2D eigenvalue weighted by Gasteiger charge is -2.12. The van der Waals surface area contributed by atoms with Crippen LogP contribution < -0.4 is 0 Å². The molecule has 23 heavy (non-hydrogen) atoms. The van der Waals surface area contributed by atoms with Crippen molar-refractivity contribution in [2.45, 2.75) is 19.3 Å². The van der Waals surface area contributed by atoms with E-state index in [1.807, 2.05) is 49.4 Å². The molecule has 1 unspecified atom stereocenters. The standard InChI is InChI=1S/C21H20O2/c1-16(18-7-3-2-4-8-18)21(22)23-14-13-17-11-12-19-9-5-6-10-20(19)15-17/h2-12,15-16H,13-14H2,1H3. The first kappa shape index (κ1) is 15.3. The Hall–Kier alpha value is -2.61. The lowest BCUT2D eigenvalue weighted by atomic mass is 10.0. The maximum absolute atomic E-state index is 12.1. The molecule has 0 fully saturated rings. The molecule has 0 aliphatic rings. The highest BCUT2D eigenvalue weighted by Gasteiger charge is 2.16. The van der Waals surface area contributed by atoms with E-state index < -0.39 is 0 Å². The van der Waals surface area contributed by atoms with Crippen LogP contribution in [0.5, 0.6) is 0 Å². The van der Waals surface area contributed by atoms with Gasteiger partial charge in [0.1, 0.15) is 0 Å². The van der Waals surface area contributed by atoms with Crippen molar-refractivity contribution in [1.82, 2.24) is 0 Å². The molecule has 0 saturated heterocycles. The Bertz CT molecular complexity index is 793. The predicted octanol–water partition coefficient (Wildman–Crippen LogP) is 4.73. The van der Waals surface area contributed by atoms with Gasteiger partial charge in [0.25, 0.3) is 0 Å². The normalized spacial score (nSPS) is 12.0. The molecule has 1 atom stereocenters. The Morgan fingerprint density at radius 2 is 1.61 bits per heavy atom. The highest BCUT2D eigenvalue weighted by Crippen LogP contribution is 2.18. The minimum atomic E-state index is -0.229. The van der Waals surface area contributed by atoms with E-state index in [9.17, 15) is 4.79 Å². The van der Waals surface area contributed by atoms with Crippen molar-refractivity contribution in [2.24, 2.45) is 0 Å². The minimum absolute atomic E-state index is 0.169. The van der Waals surface area contributed by atoms with Crippen LogP contribution in [-0.4, -0.2) is 12.6 Å². The first-order valence-corrected chi connectivity index (χ1v) is 7.93. The largest absolute Gasteiger partial charge is 0.465 e. The Kier molecular flexibility index (Phi) is 4.72. The highest BCUT2D eigenvalue weighted by atomic mass is 16.5. The average molecular weight is 304 g/mol. The van der Waals surface area contributed by atoms with Crippen molar-refractivity contribution in [3.8, 4) is 0 Å². The summed E-state index contributed by atoms with van der Waals surface area (Å²) in [5.74, 6) is -0.398. The fraction of sp³-hybridized carbons (Fsp3) is 0.190. The van der Waals surface area contributed by atoms with Crippen LogP contribution in [0.15, 0.2) is 72.8 Å². The molecule has 0 saturated carbocycles. The van der Waals surface area contributed by atoms with E-state index in [4.69, 9.17) is 4.74 Å². The number of ether oxygens (including phenoxy) is 1. The molecule has 0 spiro atoms. The third kappa shape index (κ3) is 3.78. The molecule has 0 amide bonds. The Morgan fingerprint density at radius 1 is 0.913 bits per heavy atom. The number of esters is 1. The van der Waals surface area contributed by atoms with Gasteiger partial charge in [-0.3, -0.25) is 4.79 Å². The second kappa shape index (κ2) is 7.10. The maximum atomic E-state index is 12.1. The number of carbonyl (C=O) groups excluding carboxylic acids is 1. The van der Waals surface area contributed by atoms with Crippen LogP contribution in [-0.2, 0) is 16.0 Å². The van der Waals surface area contributed by atoms with Gasteiger partial charge in [0.15, 0.2) is 0 Å². The maximum Gasteiger partial charge on any atom is 0.313 e. The van der Waals surface area contributed by atoms with Gasteiger partial charge < -0.3 is 4.74 Å². The second-order valence-electron chi connectivity index (χ2n) is 5.73. The summed E-state index contributed by atoms with van der Waals surface area (Å²) in [6.45, 7) is 2.29. The number of fused-ring (bicyclic) bond motifs is 1. The summed E-state index contributed by atoms with van der Waals surface area (Å²) in [5, 5.41) is 2.44. The van der Waals surface area contributed by atoms with Gasteiger partial charge in [0, 0.05) is 6.42 Å². The summed E-state index contributed by atoms with van der Waals surface area (Å²) in [7, 11) is 0. The molecule has 0 radical (unpaired) electrons. The fourth-order valence-electron chi connectivity index (χ4n) is 2.67. The second-order valence-corrected chi connectivity index (χ2v) is 5.73. The van der Waals surface area contributed by atoms with Crippen LogP contribution in [0, 0.1) is 0 Å². The average Bonchev–Trinajstić information content (AvgIpc) is 2.61. The smallest absolute Gasteiger partial charge is 0.313 e. The van der Waals surface area contributed by atoms with Crippen LogP contribution in [0.4, 0.5) is 0 Å². The molecule has 0 bridgehead atoms. The SMILES string of the molecule is CC(C(=O)OCCc1ccc2ccccc2c1)c1ccccc1. The molecule has 3 aromatic rings. The van der Waals surface area contributed by atoms with Gasteiger partial charge in [-0.05, 0) is 28.8 Å². The van der Waals surface area contributed by atoms with E-state index in [2.05, 4.69) is 30.3 Å².